The van der Waals surface area contributed by atoms with Gasteiger partial charge in [0.25, 0.3) is 0 Å². The van der Waals surface area contributed by atoms with Gasteiger partial charge < -0.3 is 10.6 Å². The van der Waals surface area contributed by atoms with E-state index in [0.29, 0.717) is 12.6 Å². The van der Waals surface area contributed by atoms with Crippen molar-refractivity contribution in [3.63, 3.8) is 0 Å². The number of hydrogen-bond donors (Lipinski definition) is 3. The van der Waals surface area contributed by atoms with Gasteiger partial charge >= 0.3 is 0 Å². The highest BCUT2D eigenvalue weighted by Gasteiger charge is 2.19. The van der Waals surface area contributed by atoms with E-state index in [1.807, 2.05) is 6.92 Å². The fraction of sp³-hybridized carbons (Fsp3) is 0.667. The van der Waals surface area contributed by atoms with E-state index < -0.39 is 10.0 Å². The molecule has 0 aliphatic heterocycles. The normalized spacial score (nSPS) is 21.9. The third kappa shape index (κ3) is 6.85. The first-order chi connectivity index (χ1) is 10.9. The minimum atomic E-state index is -3.62. The fourth-order valence-electron chi connectivity index (χ4n) is 2.67. The third-order valence-corrected chi connectivity index (χ3v) is 6.52. The lowest BCUT2D eigenvalue weighted by Crippen LogP contribution is -2.44. The van der Waals surface area contributed by atoms with E-state index in [4.69, 9.17) is 5.14 Å². The van der Waals surface area contributed by atoms with Crippen molar-refractivity contribution in [3.05, 3.63) is 17.0 Å². The number of rotatable bonds is 5. The number of nitrogens with zero attached hydrogens (tertiary/aromatic N) is 1. The Kier molecular flexibility index (Phi) is 8.96. The molecule has 9 heteroatoms. The van der Waals surface area contributed by atoms with Crippen LogP contribution in [-0.4, -0.2) is 27.0 Å². The third-order valence-electron chi connectivity index (χ3n) is 4.01. The molecule has 1 saturated carbocycles. The predicted octanol–water partition coefficient (Wildman–Crippen LogP) is 2.65. The van der Waals surface area contributed by atoms with Crippen molar-refractivity contribution in [2.24, 2.45) is 16.0 Å². The van der Waals surface area contributed by atoms with Gasteiger partial charge in [-0.2, -0.15) is 0 Å². The van der Waals surface area contributed by atoms with Crippen LogP contribution in [0.4, 0.5) is 0 Å². The van der Waals surface area contributed by atoms with Crippen LogP contribution in [0.3, 0.4) is 0 Å². The van der Waals surface area contributed by atoms with E-state index in [1.54, 1.807) is 6.07 Å². The molecule has 0 bridgehead atoms. The molecule has 0 amide bonds. The lowest BCUT2D eigenvalue weighted by Gasteiger charge is -2.28. The highest BCUT2D eigenvalue weighted by molar-refractivity contribution is 14.0. The standard InChI is InChI=1S/C15H26N4O2S2.HI/c1-3-17-15(19-12-6-4-11(2)5-7-12)18-10-13-8-9-14(22-13)23(16,20)21;/h8-9,11-12H,3-7,10H2,1-2H3,(H2,16,20,21)(H2,17,18,19);1H. The zero-order valence-corrected chi connectivity index (χ0v) is 18.1. The molecule has 1 aromatic rings. The zero-order valence-electron chi connectivity index (χ0n) is 14.1. The Bertz CT molecular complexity index is 638. The molecule has 0 atom stereocenters. The van der Waals surface area contributed by atoms with Crippen molar-refractivity contribution in [3.8, 4) is 0 Å². The summed E-state index contributed by atoms with van der Waals surface area (Å²) in [5, 5.41) is 11.9. The number of sulfonamides is 1. The molecule has 1 aliphatic rings. The van der Waals surface area contributed by atoms with Crippen molar-refractivity contribution in [1.29, 1.82) is 0 Å². The Balaban J connectivity index is 0.00000288. The SMILES string of the molecule is CCNC(=NCc1ccc(S(N)(=O)=O)s1)NC1CCC(C)CC1.I. The van der Waals surface area contributed by atoms with Gasteiger partial charge in [0.2, 0.25) is 10.0 Å². The fourth-order valence-corrected chi connectivity index (χ4v) is 4.37. The minimum Gasteiger partial charge on any atom is -0.357 e. The number of thiophene rings is 1. The topological polar surface area (TPSA) is 96.6 Å². The van der Waals surface area contributed by atoms with Crippen LogP contribution in [-0.2, 0) is 16.6 Å². The van der Waals surface area contributed by atoms with Gasteiger partial charge in [0, 0.05) is 17.5 Å². The predicted molar refractivity (Wildman–Crippen MR) is 110 cm³/mol. The van der Waals surface area contributed by atoms with E-state index in [0.717, 1.165) is 23.3 Å². The molecule has 0 saturated heterocycles. The average Bonchev–Trinajstić information content (AvgIpc) is 2.96. The van der Waals surface area contributed by atoms with Gasteiger partial charge in [-0.15, -0.1) is 35.3 Å². The largest absolute Gasteiger partial charge is 0.357 e. The Morgan fingerprint density at radius 3 is 2.54 bits per heavy atom. The lowest BCUT2D eigenvalue weighted by atomic mass is 9.87. The van der Waals surface area contributed by atoms with Crippen LogP contribution in [0.5, 0.6) is 0 Å². The van der Waals surface area contributed by atoms with E-state index in [9.17, 15) is 8.42 Å². The van der Waals surface area contributed by atoms with Crippen LogP contribution in [0.15, 0.2) is 21.3 Å². The Labute approximate surface area is 165 Å². The molecule has 1 heterocycles. The molecule has 138 valence electrons. The first-order valence-corrected chi connectivity index (χ1v) is 10.4. The van der Waals surface area contributed by atoms with Gasteiger partial charge in [0.05, 0.1) is 6.54 Å². The summed E-state index contributed by atoms with van der Waals surface area (Å²) in [7, 11) is -3.62. The molecule has 4 N–H and O–H groups in total. The maximum absolute atomic E-state index is 11.3. The molecule has 6 nitrogen and oxygen atoms in total. The van der Waals surface area contributed by atoms with E-state index in [2.05, 4.69) is 22.5 Å². The van der Waals surface area contributed by atoms with Crippen molar-refractivity contribution in [1.82, 2.24) is 10.6 Å². The summed E-state index contributed by atoms with van der Waals surface area (Å²) in [6.07, 6.45) is 4.83. The summed E-state index contributed by atoms with van der Waals surface area (Å²) >= 11 is 1.17. The summed E-state index contributed by atoms with van der Waals surface area (Å²) in [6.45, 7) is 5.57. The van der Waals surface area contributed by atoms with Crippen LogP contribution in [0, 0.1) is 5.92 Å². The smallest absolute Gasteiger partial charge is 0.247 e. The van der Waals surface area contributed by atoms with Gasteiger partial charge in [-0.3, -0.25) is 0 Å². The van der Waals surface area contributed by atoms with Crippen molar-refractivity contribution in [2.75, 3.05) is 6.54 Å². The summed E-state index contributed by atoms with van der Waals surface area (Å²) in [6, 6.07) is 3.76. The first-order valence-electron chi connectivity index (χ1n) is 8.05. The maximum atomic E-state index is 11.3. The Morgan fingerprint density at radius 1 is 1.33 bits per heavy atom. The number of hydrogen-bond acceptors (Lipinski definition) is 4. The van der Waals surface area contributed by atoms with Crippen LogP contribution < -0.4 is 15.8 Å². The van der Waals surface area contributed by atoms with Gasteiger partial charge in [-0.05, 0) is 50.7 Å². The number of nitrogens with two attached hydrogens (primary N) is 1. The van der Waals surface area contributed by atoms with Crippen LogP contribution >= 0.6 is 35.3 Å². The lowest BCUT2D eigenvalue weighted by molar-refractivity contribution is 0.329. The summed E-state index contributed by atoms with van der Waals surface area (Å²) in [5.41, 5.74) is 0. The van der Waals surface area contributed by atoms with Gasteiger partial charge in [0.15, 0.2) is 5.96 Å². The second-order valence-corrected chi connectivity index (χ2v) is 9.02. The van der Waals surface area contributed by atoms with E-state index >= 15 is 0 Å². The van der Waals surface area contributed by atoms with E-state index in [1.165, 1.54) is 43.1 Å². The summed E-state index contributed by atoms with van der Waals surface area (Å²) < 4.78 is 22.8. The van der Waals surface area contributed by atoms with Crippen LogP contribution in [0.1, 0.15) is 44.4 Å². The number of halogens is 1. The molecular formula is C15H27IN4O2S2. The second kappa shape index (κ2) is 9.93. The van der Waals surface area contributed by atoms with Gasteiger partial charge in [0.1, 0.15) is 4.21 Å². The highest BCUT2D eigenvalue weighted by atomic mass is 127. The molecule has 1 fully saturated rings. The summed E-state index contributed by atoms with van der Waals surface area (Å²) in [5.74, 6) is 1.60. The molecule has 0 aromatic carbocycles. The van der Waals surface area contributed by atoms with Crippen molar-refractivity contribution >= 4 is 51.3 Å². The quantitative estimate of drug-likeness (QED) is 0.339. The Morgan fingerprint density at radius 2 is 2.00 bits per heavy atom. The van der Waals surface area contributed by atoms with Crippen molar-refractivity contribution in [2.45, 2.75) is 56.3 Å². The minimum absolute atomic E-state index is 0. The summed E-state index contributed by atoms with van der Waals surface area (Å²) in [4.78, 5) is 5.44. The maximum Gasteiger partial charge on any atom is 0.247 e. The second-order valence-electron chi connectivity index (χ2n) is 6.06. The van der Waals surface area contributed by atoms with Gasteiger partial charge in [-0.25, -0.2) is 18.5 Å². The monoisotopic (exact) mass is 486 g/mol. The molecule has 0 radical (unpaired) electrons. The molecule has 0 unspecified atom stereocenters. The average molecular weight is 486 g/mol. The molecule has 24 heavy (non-hydrogen) atoms. The van der Waals surface area contributed by atoms with Crippen LogP contribution in [0.2, 0.25) is 0 Å². The van der Waals surface area contributed by atoms with Gasteiger partial charge in [-0.1, -0.05) is 6.92 Å². The molecule has 1 aromatic heterocycles. The van der Waals surface area contributed by atoms with E-state index in [-0.39, 0.29) is 28.2 Å². The van der Waals surface area contributed by atoms with Crippen molar-refractivity contribution < 1.29 is 8.42 Å². The number of primary sulfonamides is 1. The number of aliphatic imine (C=N–C) groups is 1. The van der Waals surface area contributed by atoms with Crippen LogP contribution in [0.25, 0.3) is 0 Å². The number of guanidine groups is 1. The molecule has 2 rings (SSSR count). The first kappa shape index (κ1) is 21.7. The molecular weight excluding hydrogens is 459 g/mol. The Hall–Kier alpha value is -0.390. The number of nitrogens with one attached hydrogen (secondary N) is 2. The highest BCUT2D eigenvalue weighted by Crippen LogP contribution is 2.23. The molecule has 1 aliphatic carbocycles. The zero-order chi connectivity index (χ0) is 16.9. The molecule has 0 spiro atoms.